The van der Waals surface area contributed by atoms with Crippen LogP contribution < -0.4 is 5.46 Å². The number of alkyl halides is 2. The van der Waals surface area contributed by atoms with E-state index in [1.807, 2.05) is 27.7 Å². The van der Waals surface area contributed by atoms with Crippen LogP contribution in [0.3, 0.4) is 0 Å². The Bertz CT molecular complexity index is 598. The maximum Gasteiger partial charge on any atom is 0.497 e. The lowest BCUT2D eigenvalue weighted by molar-refractivity contribution is -0.0250. The van der Waals surface area contributed by atoms with E-state index in [0.717, 1.165) is 0 Å². The third-order valence-corrected chi connectivity index (χ3v) is 5.07. The molecule has 120 valence electrons. The summed E-state index contributed by atoms with van der Waals surface area (Å²) in [4.78, 5) is 0. The van der Waals surface area contributed by atoms with Gasteiger partial charge in [-0.25, -0.2) is 13.2 Å². The molecule has 0 saturated carbocycles. The van der Waals surface area contributed by atoms with Gasteiger partial charge in [0.1, 0.15) is 5.82 Å². The Morgan fingerprint density at radius 3 is 2.23 bits per heavy atom. The lowest BCUT2D eigenvalue weighted by Crippen LogP contribution is -2.41. The molecule has 1 fully saturated rings. The van der Waals surface area contributed by atoms with Gasteiger partial charge in [0.2, 0.25) is 0 Å². The number of fused-ring (bicyclic) bond motifs is 1. The Balaban J connectivity index is 2.04. The summed E-state index contributed by atoms with van der Waals surface area (Å²) in [6.07, 6.45) is 0.532. The van der Waals surface area contributed by atoms with E-state index in [2.05, 4.69) is 0 Å². The minimum Gasteiger partial charge on any atom is -0.399 e. The van der Waals surface area contributed by atoms with Crippen molar-refractivity contribution in [1.82, 2.24) is 0 Å². The van der Waals surface area contributed by atoms with Crippen LogP contribution in [0.1, 0.15) is 51.7 Å². The topological polar surface area (TPSA) is 18.5 Å². The molecule has 22 heavy (non-hydrogen) atoms. The van der Waals surface area contributed by atoms with Gasteiger partial charge in [-0.2, -0.15) is 0 Å². The highest BCUT2D eigenvalue weighted by molar-refractivity contribution is 6.62. The van der Waals surface area contributed by atoms with Crippen LogP contribution in [0.2, 0.25) is 0 Å². The molecule has 1 aliphatic carbocycles. The van der Waals surface area contributed by atoms with Gasteiger partial charge in [0.25, 0.3) is 5.92 Å². The van der Waals surface area contributed by atoms with Crippen molar-refractivity contribution in [2.75, 3.05) is 0 Å². The molecule has 1 saturated heterocycles. The Labute approximate surface area is 129 Å². The Kier molecular flexibility index (Phi) is 3.42. The second kappa shape index (κ2) is 4.74. The first-order chi connectivity index (χ1) is 10.1. The smallest absolute Gasteiger partial charge is 0.399 e. The van der Waals surface area contributed by atoms with Crippen LogP contribution in [0.4, 0.5) is 13.2 Å². The van der Waals surface area contributed by atoms with Gasteiger partial charge in [0, 0.05) is 11.9 Å². The van der Waals surface area contributed by atoms with E-state index < -0.39 is 35.6 Å². The fourth-order valence-electron chi connectivity index (χ4n) is 3.01. The van der Waals surface area contributed by atoms with Gasteiger partial charge in [0.15, 0.2) is 0 Å². The first-order valence-corrected chi connectivity index (χ1v) is 7.60. The van der Waals surface area contributed by atoms with Crippen molar-refractivity contribution in [2.24, 2.45) is 0 Å². The molecule has 0 amide bonds. The monoisotopic (exact) mass is 312 g/mol. The average molecular weight is 312 g/mol. The molecule has 1 aromatic rings. The highest BCUT2D eigenvalue weighted by atomic mass is 19.3. The van der Waals surface area contributed by atoms with Crippen molar-refractivity contribution in [1.29, 1.82) is 0 Å². The molecule has 0 bridgehead atoms. The van der Waals surface area contributed by atoms with Gasteiger partial charge in [-0.3, -0.25) is 0 Å². The number of hydrogen-bond acceptors (Lipinski definition) is 2. The van der Waals surface area contributed by atoms with E-state index in [9.17, 15) is 13.2 Å². The summed E-state index contributed by atoms with van der Waals surface area (Å²) in [6, 6.07) is 3.09. The second-order valence-electron chi connectivity index (χ2n) is 7.15. The van der Waals surface area contributed by atoms with E-state index in [0.29, 0.717) is 18.4 Å². The summed E-state index contributed by atoms with van der Waals surface area (Å²) in [7, 11) is -0.965. The number of rotatable bonds is 1. The first-order valence-electron chi connectivity index (χ1n) is 7.60. The molecule has 0 unspecified atom stereocenters. The molecule has 0 spiro atoms. The highest BCUT2D eigenvalue weighted by Gasteiger charge is 2.53. The summed E-state index contributed by atoms with van der Waals surface area (Å²) >= 11 is 0. The third-order valence-electron chi connectivity index (χ3n) is 5.07. The van der Waals surface area contributed by atoms with Crippen molar-refractivity contribution in [3.8, 4) is 0 Å². The lowest BCUT2D eigenvalue weighted by Gasteiger charge is -2.32. The van der Waals surface area contributed by atoms with Crippen LogP contribution in [0, 0.1) is 5.82 Å². The lowest BCUT2D eigenvalue weighted by atomic mass is 9.74. The van der Waals surface area contributed by atoms with E-state index >= 15 is 0 Å². The van der Waals surface area contributed by atoms with Gasteiger partial charge >= 0.3 is 7.12 Å². The molecule has 3 rings (SSSR count). The van der Waals surface area contributed by atoms with Crippen LogP contribution in [0.15, 0.2) is 12.1 Å². The molecule has 2 nitrogen and oxygen atoms in total. The van der Waals surface area contributed by atoms with Crippen LogP contribution in [0.5, 0.6) is 0 Å². The minimum absolute atomic E-state index is 0.0546. The highest BCUT2D eigenvalue weighted by Crippen LogP contribution is 2.42. The van der Waals surface area contributed by atoms with Crippen molar-refractivity contribution in [3.05, 3.63) is 29.1 Å². The number of aryl methyl sites for hydroxylation is 1. The van der Waals surface area contributed by atoms with Gasteiger partial charge in [-0.15, -0.1) is 0 Å². The maximum atomic E-state index is 14.8. The standard InChI is InChI=1S/C16H20BF3O2/c1-14(2)15(3,4)22-17(21-14)11-8-7-10-6-5-9-16(19,20)12(10)13(11)18/h7-8H,5-6,9H2,1-4H3. The molecule has 1 aromatic carbocycles. The Morgan fingerprint density at radius 1 is 1.05 bits per heavy atom. The summed E-state index contributed by atoms with van der Waals surface area (Å²) in [5, 5.41) is 0. The van der Waals surface area contributed by atoms with E-state index in [1.165, 1.54) is 6.07 Å². The minimum atomic E-state index is -3.13. The normalized spacial score (nSPS) is 25.1. The number of hydrogen-bond donors (Lipinski definition) is 0. The average Bonchev–Trinajstić information content (AvgIpc) is 2.57. The van der Waals surface area contributed by atoms with Crippen LogP contribution in [-0.4, -0.2) is 18.3 Å². The van der Waals surface area contributed by atoms with Crippen molar-refractivity contribution in [3.63, 3.8) is 0 Å². The molecule has 1 heterocycles. The van der Waals surface area contributed by atoms with Gasteiger partial charge in [-0.1, -0.05) is 12.1 Å². The summed E-state index contributed by atoms with van der Waals surface area (Å²) in [6.45, 7) is 7.38. The Hall–Kier alpha value is -1.01. The van der Waals surface area contributed by atoms with E-state index in [4.69, 9.17) is 9.31 Å². The summed E-state index contributed by atoms with van der Waals surface area (Å²) in [5.74, 6) is -4.02. The molecule has 1 aliphatic heterocycles. The number of halogens is 3. The van der Waals surface area contributed by atoms with Crippen molar-refractivity contribution < 1.29 is 22.5 Å². The molecular weight excluding hydrogens is 292 g/mol. The van der Waals surface area contributed by atoms with Crippen molar-refractivity contribution >= 4 is 12.6 Å². The molecule has 0 N–H and O–H groups in total. The van der Waals surface area contributed by atoms with E-state index in [1.54, 1.807) is 6.07 Å². The second-order valence-corrected chi connectivity index (χ2v) is 7.15. The molecule has 0 atom stereocenters. The van der Waals surface area contributed by atoms with Crippen molar-refractivity contribution in [2.45, 2.75) is 64.1 Å². The van der Waals surface area contributed by atoms with Gasteiger partial charge < -0.3 is 9.31 Å². The predicted molar refractivity (Wildman–Crippen MR) is 78.9 cm³/mol. The SMILES string of the molecule is CC1(C)OB(c2ccc3c(c2F)C(F)(F)CCC3)OC1(C)C. The maximum absolute atomic E-state index is 14.8. The molecule has 0 radical (unpaired) electrons. The zero-order chi connectivity index (χ0) is 16.3. The number of benzene rings is 1. The van der Waals surface area contributed by atoms with Gasteiger partial charge in [-0.05, 0) is 46.1 Å². The summed E-state index contributed by atoms with van der Waals surface area (Å²) in [5.41, 5.74) is -1.32. The fourth-order valence-corrected chi connectivity index (χ4v) is 3.01. The third kappa shape index (κ3) is 2.28. The van der Waals surface area contributed by atoms with E-state index in [-0.39, 0.29) is 11.9 Å². The fraction of sp³-hybridized carbons (Fsp3) is 0.625. The molecule has 0 aromatic heterocycles. The molecule has 2 aliphatic rings. The first kappa shape index (κ1) is 15.9. The summed E-state index contributed by atoms with van der Waals surface area (Å²) < 4.78 is 54.5. The largest absolute Gasteiger partial charge is 0.497 e. The Morgan fingerprint density at radius 2 is 1.64 bits per heavy atom. The van der Waals surface area contributed by atoms with Crippen LogP contribution in [0.25, 0.3) is 0 Å². The molecular formula is C16H20BF3O2. The van der Waals surface area contributed by atoms with Crippen LogP contribution in [-0.2, 0) is 21.7 Å². The molecule has 6 heteroatoms. The predicted octanol–water partition coefficient (Wildman–Crippen LogP) is 3.55. The zero-order valence-corrected chi connectivity index (χ0v) is 13.3. The van der Waals surface area contributed by atoms with Crippen LogP contribution >= 0.6 is 0 Å². The quantitative estimate of drug-likeness (QED) is 0.738. The van der Waals surface area contributed by atoms with Gasteiger partial charge in [0.05, 0.1) is 16.8 Å². The zero-order valence-electron chi connectivity index (χ0n) is 13.3.